The molecule has 0 aromatic heterocycles. The summed E-state index contributed by atoms with van der Waals surface area (Å²) in [4.78, 5) is 2.39. The van der Waals surface area contributed by atoms with E-state index in [0.717, 1.165) is 6.61 Å². The minimum atomic E-state index is 0.630. The predicted octanol–water partition coefficient (Wildman–Crippen LogP) is 0.446. The number of hydrogen-bond acceptors (Lipinski definition) is 3. The van der Waals surface area contributed by atoms with E-state index in [2.05, 4.69) is 11.9 Å². The Kier molecular flexibility index (Phi) is 4.58. The highest BCUT2D eigenvalue weighted by atomic mass is 16.5. The average Bonchev–Trinajstić information content (AvgIpc) is 2.09. The van der Waals surface area contributed by atoms with Crippen molar-refractivity contribution in [2.45, 2.75) is 25.3 Å². The molecule has 12 heavy (non-hydrogen) atoms. The van der Waals surface area contributed by atoms with Crippen LogP contribution in [-0.2, 0) is 4.74 Å². The van der Waals surface area contributed by atoms with Gasteiger partial charge in [0.2, 0.25) is 0 Å². The van der Waals surface area contributed by atoms with Crippen molar-refractivity contribution in [2.75, 3.05) is 33.4 Å². The Morgan fingerprint density at radius 2 is 2.33 bits per heavy atom. The fraction of sp³-hybridized carbons (Fsp3) is 1.00. The average molecular weight is 172 g/mol. The number of hydrogen-bond donors (Lipinski definition) is 1. The Balaban J connectivity index is 2.11. The summed E-state index contributed by atoms with van der Waals surface area (Å²) in [6, 6.07) is 0.630. The molecular weight excluding hydrogens is 152 g/mol. The number of piperidine rings is 1. The summed E-state index contributed by atoms with van der Waals surface area (Å²) >= 11 is 0. The summed E-state index contributed by atoms with van der Waals surface area (Å²) in [6.07, 6.45) is 3.96. The van der Waals surface area contributed by atoms with E-state index in [-0.39, 0.29) is 0 Å². The van der Waals surface area contributed by atoms with Crippen molar-refractivity contribution >= 4 is 0 Å². The maximum Gasteiger partial charge on any atom is 0.0622 e. The molecule has 1 heterocycles. The van der Waals surface area contributed by atoms with E-state index in [1.54, 1.807) is 0 Å². The molecule has 2 N–H and O–H groups in total. The summed E-state index contributed by atoms with van der Waals surface area (Å²) in [5, 5.41) is 0. The molecule has 1 aliphatic heterocycles. The Morgan fingerprint density at radius 3 is 3.00 bits per heavy atom. The van der Waals surface area contributed by atoms with Gasteiger partial charge in [-0.15, -0.1) is 0 Å². The van der Waals surface area contributed by atoms with Crippen LogP contribution in [0.3, 0.4) is 0 Å². The second-order valence-corrected chi connectivity index (χ2v) is 3.49. The standard InChI is InChI=1S/C9H20N2O/c1-11-6-3-2-4-9(11)8-12-7-5-10/h9H,2-8,10H2,1H3/t9-/m0/s1. The SMILES string of the molecule is CN1CCCC[C@H]1COCCN. The van der Waals surface area contributed by atoms with Gasteiger partial charge in [0.15, 0.2) is 0 Å². The molecule has 3 heteroatoms. The first kappa shape index (κ1) is 9.96. The van der Waals surface area contributed by atoms with E-state index in [4.69, 9.17) is 10.5 Å². The number of likely N-dealkylation sites (N-methyl/N-ethyl adjacent to an activating group) is 1. The second-order valence-electron chi connectivity index (χ2n) is 3.49. The number of rotatable bonds is 4. The van der Waals surface area contributed by atoms with Crippen LogP contribution in [0.5, 0.6) is 0 Å². The van der Waals surface area contributed by atoms with Crippen molar-refractivity contribution in [3.8, 4) is 0 Å². The monoisotopic (exact) mass is 172 g/mol. The fourth-order valence-electron chi connectivity index (χ4n) is 1.66. The largest absolute Gasteiger partial charge is 0.379 e. The van der Waals surface area contributed by atoms with E-state index in [1.807, 2.05) is 0 Å². The first-order valence-electron chi connectivity index (χ1n) is 4.82. The van der Waals surface area contributed by atoms with Crippen LogP contribution >= 0.6 is 0 Å². The van der Waals surface area contributed by atoms with Gasteiger partial charge in [-0.25, -0.2) is 0 Å². The number of nitrogens with two attached hydrogens (primary N) is 1. The third-order valence-electron chi connectivity index (χ3n) is 2.49. The third kappa shape index (κ3) is 3.09. The molecule has 0 saturated carbocycles. The van der Waals surface area contributed by atoms with Crippen LogP contribution < -0.4 is 5.73 Å². The Bertz CT molecular complexity index is 119. The lowest BCUT2D eigenvalue weighted by Gasteiger charge is -2.32. The van der Waals surface area contributed by atoms with Gasteiger partial charge in [-0.1, -0.05) is 6.42 Å². The van der Waals surface area contributed by atoms with Gasteiger partial charge in [-0.3, -0.25) is 0 Å². The molecule has 0 aliphatic carbocycles. The van der Waals surface area contributed by atoms with Crippen molar-refractivity contribution in [3.05, 3.63) is 0 Å². The third-order valence-corrected chi connectivity index (χ3v) is 2.49. The Labute approximate surface area is 74.9 Å². The van der Waals surface area contributed by atoms with Crippen molar-refractivity contribution in [3.63, 3.8) is 0 Å². The number of ether oxygens (including phenoxy) is 1. The quantitative estimate of drug-likeness (QED) is 0.626. The van der Waals surface area contributed by atoms with Gasteiger partial charge in [-0.05, 0) is 26.4 Å². The molecule has 0 radical (unpaired) electrons. The summed E-state index contributed by atoms with van der Waals surface area (Å²) in [5.41, 5.74) is 5.34. The summed E-state index contributed by atoms with van der Waals surface area (Å²) in [5.74, 6) is 0. The first-order chi connectivity index (χ1) is 5.84. The molecule has 0 unspecified atom stereocenters. The van der Waals surface area contributed by atoms with Crippen LogP contribution in [0.15, 0.2) is 0 Å². The van der Waals surface area contributed by atoms with E-state index >= 15 is 0 Å². The highest BCUT2D eigenvalue weighted by Gasteiger charge is 2.18. The molecule has 1 fully saturated rings. The van der Waals surface area contributed by atoms with Gasteiger partial charge in [0.05, 0.1) is 13.2 Å². The Morgan fingerprint density at radius 1 is 1.50 bits per heavy atom. The van der Waals surface area contributed by atoms with Crippen LogP contribution in [0.2, 0.25) is 0 Å². The number of likely N-dealkylation sites (tertiary alicyclic amines) is 1. The molecular formula is C9H20N2O. The molecule has 3 nitrogen and oxygen atoms in total. The topological polar surface area (TPSA) is 38.5 Å². The molecule has 1 saturated heterocycles. The van der Waals surface area contributed by atoms with E-state index < -0.39 is 0 Å². The first-order valence-corrected chi connectivity index (χ1v) is 4.82. The lowest BCUT2D eigenvalue weighted by Crippen LogP contribution is -2.39. The molecule has 1 rings (SSSR count). The van der Waals surface area contributed by atoms with Crippen molar-refractivity contribution < 1.29 is 4.74 Å². The van der Waals surface area contributed by atoms with E-state index in [1.165, 1.54) is 25.8 Å². The minimum Gasteiger partial charge on any atom is -0.379 e. The van der Waals surface area contributed by atoms with Crippen LogP contribution in [0.4, 0.5) is 0 Å². The molecule has 0 bridgehead atoms. The lowest BCUT2D eigenvalue weighted by molar-refractivity contribution is 0.0567. The van der Waals surface area contributed by atoms with Gasteiger partial charge in [0.25, 0.3) is 0 Å². The second kappa shape index (κ2) is 5.51. The highest BCUT2D eigenvalue weighted by molar-refractivity contribution is 4.73. The zero-order valence-electron chi connectivity index (χ0n) is 7.96. The summed E-state index contributed by atoms with van der Waals surface area (Å²) in [6.45, 7) is 3.41. The van der Waals surface area contributed by atoms with Crippen molar-refractivity contribution in [1.29, 1.82) is 0 Å². The van der Waals surface area contributed by atoms with Crippen LogP contribution in [0.1, 0.15) is 19.3 Å². The zero-order valence-corrected chi connectivity index (χ0v) is 7.96. The van der Waals surface area contributed by atoms with Gasteiger partial charge >= 0.3 is 0 Å². The summed E-state index contributed by atoms with van der Waals surface area (Å²) < 4.78 is 5.43. The predicted molar refractivity (Wildman–Crippen MR) is 50.1 cm³/mol. The van der Waals surface area contributed by atoms with Gasteiger partial charge in [-0.2, -0.15) is 0 Å². The smallest absolute Gasteiger partial charge is 0.0622 e. The minimum absolute atomic E-state index is 0.630. The number of nitrogens with zero attached hydrogens (tertiary/aromatic N) is 1. The zero-order chi connectivity index (χ0) is 8.81. The van der Waals surface area contributed by atoms with Crippen LogP contribution in [-0.4, -0.2) is 44.3 Å². The van der Waals surface area contributed by atoms with Crippen LogP contribution in [0.25, 0.3) is 0 Å². The van der Waals surface area contributed by atoms with Gasteiger partial charge in [0, 0.05) is 12.6 Å². The van der Waals surface area contributed by atoms with E-state index in [0.29, 0.717) is 19.2 Å². The molecule has 0 amide bonds. The maximum atomic E-state index is 5.43. The lowest BCUT2D eigenvalue weighted by atomic mass is 10.0. The molecule has 1 atom stereocenters. The van der Waals surface area contributed by atoms with Crippen molar-refractivity contribution in [1.82, 2.24) is 4.90 Å². The molecule has 0 aromatic carbocycles. The molecule has 0 aromatic rings. The van der Waals surface area contributed by atoms with E-state index in [9.17, 15) is 0 Å². The van der Waals surface area contributed by atoms with Gasteiger partial charge < -0.3 is 15.4 Å². The maximum absolute atomic E-state index is 5.43. The van der Waals surface area contributed by atoms with Gasteiger partial charge in [0.1, 0.15) is 0 Å². The fourth-order valence-corrected chi connectivity index (χ4v) is 1.66. The molecule has 1 aliphatic rings. The highest BCUT2D eigenvalue weighted by Crippen LogP contribution is 2.14. The normalized spacial score (nSPS) is 26.0. The molecule has 0 spiro atoms. The summed E-state index contributed by atoms with van der Waals surface area (Å²) in [7, 11) is 2.18. The van der Waals surface area contributed by atoms with Crippen LogP contribution in [0, 0.1) is 0 Å². The Hall–Kier alpha value is -0.120. The van der Waals surface area contributed by atoms with Crippen molar-refractivity contribution in [2.24, 2.45) is 5.73 Å². The molecule has 72 valence electrons.